The van der Waals surface area contributed by atoms with Gasteiger partial charge in [-0.05, 0) is 72.3 Å². The first kappa shape index (κ1) is 23.9. The maximum atomic E-state index is 12.5. The van der Waals surface area contributed by atoms with Gasteiger partial charge in [-0.25, -0.2) is 0 Å². The van der Waals surface area contributed by atoms with Gasteiger partial charge < -0.3 is 24.8 Å². The number of hydrogen-bond donors (Lipinski definition) is 2. The first-order valence-electron chi connectivity index (χ1n) is 10.2. The second kappa shape index (κ2) is 11.7. The summed E-state index contributed by atoms with van der Waals surface area (Å²) in [6, 6.07) is 22.4. The van der Waals surface area contributed by atoms with Crippen LogP contribution in [-0.2, 0) is 9.59 Å². The Morgan fingerprint density at radius 3 is 2.00 bits per heavy atom. The summed E-state index contributed by atoms with van der Waals surface area (Å²) in [6.45, 7) is -0.206. The molecule has 0 spiro atoms. The van der Waals surface area contributed by atoms with Gasteiger partial charge in [-0.3, -0.25) is 9.59 Å². The molecule has 3 rings (SSSR count). The molecule has 2 amide bonds. The fourth-order valence-corrected chi connectivity index (χ4v) is 2.90. The molecule has 0 radical (unpaired) electrons. The van der Waals surface area contributed by atoms with Crippen LogP contribution in [0.5, 0.6) is 17.2 Å². The molecule has 0 atom stereocenters. The Morgan fingerprint density at radius 2 is 1.44 bits per heavy atom. The van der Waals surface area contributed by atoms with Crippen molar-refractivity contribution >= 4 is 29.3 Å². The third-order valence-electron chi connectivity index (χ3n) is 4.63. The third-order valence-corrected chi connectivity index (χ3v) is 4.63. The predicted octanol–water partition coefficient (Wildman–Crippen LogP) is 4.27. The molecule has 3 aromatic rings. The smallest absolute Gasteiger partial charge is 0.266 e. The predicted molar refractivity (Wildman–Crippen MR) is 129 cm³/mol. The molecule has 8 nitrogen and oxygen atoms in total. The lowest BCUT2D eigenvalue weighted by molar-refractivity contribution is -0.118. The second-order valence-corrected chi connectivity index (χ2v) is 6.99. The maximum Gasteiger partial charge on any atom is 0.266 e. The number of carbonyl (C=O) groups excluding carboxylic acids is 2. The van der Waals surface area contributed by atoms with Crippen LogP contribution in [0.3, 0.4) is 0 Å². The van der Waals surface area contributed by atoms with E-state index in [2.05, 4.69) is 10.6 Å². The minimum absolute atomic E-state index is 0.0785. The van der Waals surface area contributed by atoms with Crippen molar-refractivity contribution in [3.8, 4) is 23.3 Å². The van der Waals surface area contributed by atoms with Crippen LogP contribution in [0.15, 0.2) is 78.4 Å². The van der Waals surface area contributed by atoms with E-state index >= 15 is 0 Å². The lowest BCUT2D eigenvalue weighted by Gasteiger charge is -2.09. The molecule has 172 valence electrons. The van der Waals surface area contributed by atoms with Gasteiger partial charge in [0.05, 0.1) is 14.2 Å². The Hall–Kier alpha value is -4.77. The normalized spacial score (nSPS) is 10.6. The van der Waals surface area contributed by atoms with E-state index in [-0.39, 0.29) is 18.1 Å². The van der Waals surface area contributed by atoms with Gasteiger partial charge in [-0.2, -0.15) is 5.26 Å². The number of nitrogens with zero attached hydrogens (tertiary/aromatic N) is 1. The zero-order valence-corrected chi connectivity index (χ0v) is 18.7. The van der Waals surface area contributed by atoms with E-state index in [0.717, 1.165) is 0 Å². The number of methoxy groups -OCH3 is 2. The Kier molecular flexibility index (Phi) is 8.25. The topological polar surface area (TPSA) is 110 Å². The SMILES string of the molecule is COc1ccc(NC(=O)COc2cccc(/C=C(/C#N)C(=O)Nc3ccc(OC)cc3)c2)cc1. The summed E-state index contributed by atoms with van der Waals surface area (Å²) in [5, 5.41) is 14.8. The first-order chi connectivity index (χ1) is 16.5. The number of amides is 2. The Labute approximate surface area is 197 Å². The largest absolute Gasteiger partial charge is 0.497 e. The summed E-state index contributed by atoms with van der Waals surface area (Å²) in [4.78, 5) is 24.7. The van der Waals surface area contributed by atoms with E-state index in [1.165, 1.54) is 6.08 Å². The summed E-state index contributed by atoms with van der Waals surface area (Å²) in [6.07, 6.45) is 1.45. The molecule has 8 heteroatoms. The molecule has 0 bridgehead atoms. The second-order valence-electron chi connectivity index (χ2n) is 6.99. The van der Waals surface area contributed by atoms with Gasteiger partial charge in [0, 0.05) is 11.4 Å². The summed E-state index contributed by atoms with van der Waals surface area (Å²) < 4.78 is 15.7. The van der Waals surface area contributed by atoms with Crippen LogP contribution in [0.25, 0.3) is 6.08 Å². The molecule has 0 fully saturated rings. The van der Waals surface area contributed by atoms with E-state index in [1.807, 2.05) is 6.07 Å². The highest BCUT2D eigenvalue weighted by Crippen LogP contribution is 2.19. The zero-order valence-electron chi connectivity index (χ0n) is 18.7. The van der Waals surface area contributed by atoms with Crippen molar-refractivity contribution in [3.05, 3.63) is 83.9 Å². The van der Waals surface area contributed by atoms with Crippen LogP contribution in [0, 0.1) is 11.3 Å². The van der Waals surface area contributed by atoms with Gasteiger partial charge in [0.15, 0.2) is 6.61 Å². The molecule has 0 heterocycles. The average molecular weight is 457 g/mol. The van der Waals surface area contributed by atoms with Crippen LogP contribution in [0.4, 0.5) is 11.4 Å². The molecule has 0 aliphatic heterocycles. The fourth-order valence-electron chi connectivity index (χ4n) is 2.90. The molecule has 0 aromatic heterocycles. The van der Waals surface area contributed by atoms with Crippen molar-refractivity contribution in [1.82, 2.24) is 0 Å². The minimum Gasteiger partial charge on any atom is -0.497 e. The number of ether oxygens (including phenoxy) is 3. The van der Waals surface area contributed by atoms with Gasteiger partial charge in [0.2, 0.25) is 0 Å². The quantitative estimate of drug-likeness (QED) is 0.367. The minimum atomic E-state index is -0.544. The molecule has 0 aliphatic carbocycles. The van der Waals surface area contributed by atoms with Crippen molar-refractivity contribution in [2.75, 3.05) is 31.5 Å². The van der Waals surface area contributed by atoms with Gasteiger partial charge >= 0.3 is 0 Å². The van der Waals surface area contributed by atoms with Crippen molar-refractivity contribution in [2.45, 2.75) is 0 Å². The maximum absolute atomic E-state index is 12.5. The Morgan fingerprint density at radius 1 is 0.853 bits per heavy atom. The molecular weight excluding hydrogens is 434 g/mol. The average Bonchev–Trinajstić information content (AvgIpc) is 2.87. The van der Waals surface area contributed by atoms with E-state index in [1.54, 1.807) is 87.0 Å². The lowest BCUT2D eigenvalue weighted by Crippen LogP contribution is -2.20. The fraction of sp³-hybridized carbons (Fsp3) is 0.115. The number of nitriles is 1. The van der Waals surface area contributed by atoms with Gasteiger partial charge in [-0.1, -0.05) is 12.1 Å². The number of anilines is 2. The van der Waals surface area contributed by atoms with Gasteiger partial charge in [-0.15, -0.1) is 0 Å². The summed E-state index contributed by atoms with van der Waals surface area (Å²) >= 11 is 0. The Balaban J connectivity index is 1.60. The highest BCUT2D eigenvalue weighted by molar-refractivity contribution is 6.09. The molecule has 0 saturated carbocycles. The molecular formula is C26H23N3O5. The van der Waals surface area contributed by atoms with E-state index in [9.17, 15) is 14.9 Å². The van der Waals surface area contributed by atoms with Crippen LogP contribution >= 0.6 is 0 Å². The number of benzene rings is 3. The molecule has 34 heavy (non-hydrogen) atoms. The highest BCUT2D eigenvalue weighted by atomic mass is 16.5. The lowest BCUT2D eigenvalue weighted by atomic mass is 10.1. The van der Waals surface area contributed by atoms with E-state index in [4.69, 9.17) is 14.2 Å². The number of rotatable bonds is 9. The monoisotopic (exact) mass is 457 g/mol. The molecule has 0 aliphatic rings. The Bertz CT molecular complexity index is 1210. The van der Waals surface area contributed by atoms with Crippen LogP contribution in [-0.4, -0.2) is 32.6 Å². The van der Waals surface area contributed by atoms with Gasteiger partial charge in [0.25, 0.3) is 11.8 Å². The van der Waals surface area contributed by atoms with Crippen molar-refractivity contribution in [2.24, 2.45) is 0 Å². The number of carbonyl (C=O) groups is 2. The van der Waals surface area contributed by atoms with E-state index < -0.39 is 5.91 Å². The standard InChI is InChI=1S/C26H23N3O5/c1-32-22-10-6-20(7-11-22)28-25(30)17-34-24-5-3-4-18(15-24)14-19(16-27)26(31)29-21-8-12-23(33-2)13-9-21/h3-15H,17H2,1-2H3,(H,28,30)(H,29,31)/b19-14-. The summed E-state index contributed by atoms with van der Waals surface area (Å²) in [7, 11) is 3.12. The van der Waals surface area contributed by atoms with Crippen molar-refractivity contribution in [1.29, 1.82) is 5.26 Å². The number of hydrogen-bond acceptors (Lipinski definition) is 6. The van der Waals surface area contributed by atoms with Crippen molar-refractivity contribution in [3.63, 3.8) is 0 Å². The van der Waals surface area contributed by atoms with Crippen molar-refractivity contribution < 1.29 is 23.8 Å². The molecule has 3 aromatic carbocycles. The zero-order chi connectivity index (χ0) is 24.3. The third kappa shape index (κ3) is 6.87. The highest BCUT2D eigenvalue weighted by Gasteiger charge is 2.10. The van der Waals surface area contributed by atoms with Crippen LogP contribution in [0.2, 0.25) is 0 Å². The summed E-state index contributed by atoms with van der Waals surface area (Å²) in [5.74, 6) is 0.893. The van der Waals surface area contributed by atoms with Gasteiger partial charge in [0.1, 0.15) is 28.9 Å². The number of nitrogens with one attached hydrogen (secondary N) is 2. The van der Waals surface area contributed by atoms with Crippen LogP contribution < -0.4 is 24.8 Å². The first-order valence-corrected chi connectivity index (χ1v) is 10.2. The summed E-state index contributed by atoms with van der Waals surface area (Å²) in [5.41, 5.74) is 1.65. The molecule has 2 N–H and O–H groups in total. The van der Waals surface area contributed by atoms with E-state index in [0.29, 0.717) is 34.2 Å². The molecule has 0 saturated heterocycles. The molecule has 0 unspecified atom stereocenters. The van der Waals surface area contributed by atoms with Crippen LogP contribution in [0.1, 0.15) is 5.56 Å².